The Balaban J connectivity index is 1.70. The Bertz CT molecular complexity index is 456. The molecule has 1 aliphatic rings. The predicted octanol–water partition coefficient (Wildman–Crippen LogP) is 1.44. The van der Waals surface area contributed by atoms with Gasteiger partial charge in [-0.05, 0) is 24.3 Å². The fraction of sp³-hybridized carbons (Fsp3) is 0.429. The van der Waals surface area contributed by atoms with Crippen LogP contribution in [0.15, 0.2) is 24.3 Å². The van der Waals surface area contributed by atoms with Crippen LogP contribution in [-0.4, -0.2) is 54.8 Å². The van der Waals surface area contributed by atoms with Crippen molar-refractivity contribution in [2.75, 3.05) is 38.0 Å². The van der Waals surface area contributed by atoms with Crippen molar-refractivity contribution in [1.82, 2.24) is 9.80 Å². The molecule has 0 spiro atoms. The third-order valence-corrected chi connectivity index (χ3v) is 3.58. The van der Waals surface area contributed by atoms with Crippen molar-refractivity contribution >= 4 is 29.6 Å². The van der Waals surface area contributed by atoms with Crippen LogP contribution in [0, 0.1) is 0 Å². The van der Waals surface area contributed by atoms with E-state index in [2.05, 4.69) is 5.32 Å². The second kappa shape index (κ2) is 7.14. The van der Waals surface area contributed by atoms with Crippen molar-refractivity contribution in [3.63, 3.8) is 0 Å². The third-order valence-electron chi connectivity index (χ3n) is 3.33. The molecule has 0 aromatic heterocycles. The molecule has 0 saturated carbocycles. The zero-order valence-corrected chi connectivity index (χ0v) is 12.0. The topological polar surface area (TPSA) is 52.7 Å². The van der Waals surface area contributed by atoms with Crippen molar-refractivity contribution in [1.29, 1.82) is 0 Å². The molecule has 0 atom stereocenters. The van der Waals surface area contributed by atoms with Gasteiger partial charge in [-0.25, -0.2) is 0 Å². The van der Waals surface area contributed by atoms with Crippen LogP contribution >= 0.6 is 11.6 Å². The summed E-state index contributed by atoms with van der Waals surface area (Å²) in [5.74, 6) is 0.122. The molecule has 1 saturated heterocycles. The van der Waals surface area contributed by atoms with Gasteiger partial charge < -0.3 is 15.1 Å². The number of amides is 2. The SMILES string of the molecule is O=CN1CCN(C(=O)CCNc2ccc(Cl)cc2)CC1. The highest BCUT2D eigenvalue weighted by Gasteiger charge is 2.19. The summed E-state index contributed by atoms with van der Waals surface area (Å²) in [5.41, 5.74) is 0.952. The van der Waals surface area contributed by atoms with Gasteiger partial charge >= 0.3 is 0 Å². The van der Waals surface area contributed by atoms with Gasteiger partial charge in [-0.15, -0.1) is 0 Å². The van der Waals surface area contributed by atoms with Crippen LogP contribution in [0.1, 0.15) is 6.42 Å². The van der Waals surface area contributed by atoms with Gasteiger partial charge in [-0.2, -0.15) is 0 Å². The molecule has 2 rings (SSSR count). The molecule has 0 radical (unpaired) electrons. The number of anilines is 1. The van der Waals surface area contributed by atoms with Crippen molar-refractivity contribution in [2.24, 2.45) is 0 Å². The van der Waals surface area contributed by atoms with Gasteiger partial charge in [-0.1, -0.05) is 11.6 Å². The maximum Gasteiger partial charge on any atom is 0.224 e. The van der Waals surface area contributed by atoms with E-state index < -0.39 is 0 Å². The highest BCUT2D eigenvalue weighted by Crippen LogP contribution is 2.13. The van der Waals surface area contributed by atoms with Gasteiger partial charge in [0.15, 0.2) is 0 Å². The number of nitrogens with zero attached hydrogens (tertiary/aromatic N) is 2. The predicted molar refractivity (Wildman–Crippen MR) is 78.8 cm³/mol. The summed E-state index contributed by atoms with van der Waals surface area (Å²) in [7, 11) is 0. The van der Waals surface area contributed by atoms with Gasteiger partial charge in [0.1, 0.15) is 0 Å². The second-order valence-electron chi connectivity index (χ2n) is 4.71. The molecule has 20 heavy (non-hydrogen) atoms. The van der Waals surface area contributed by atoms with Crippen molar-refractivity contribution < 1.29 is 9.59 Å². The van der Waals surface area contributed by atoms with E-state index in [1.54, 1.807) is 4.90 Å². The lowest BCUT2D eigenvalue weighted by atomic mass is 10.2. The van der Waals surface area contributed by atoms with Crippen LogP contribution in [-0.2, 0) is 9.59 Å². The van der Waals surface area contributed by atoms with E-state index in [-0.39, 0.29) is 5.91 Å². The molecular weight excluding hydrogens is 278 g/mol. The molecule has 0 bridgehead atoms. The molecule has 1 aromatic rings. The zero-order chi connectivity index (χ0) is 14.4. The molecule has 0 aliphatic carbocycles. The summed E-state index contributed by atoms with van der Waals surface area (Å²) < 4.78 is 0. The first-order valence-corrected chi connectivity index (χ1v) is 7.03. The van der Waals surface area contributed by atoms with Gasteiger partial charge in [0.25, 0.3) is 0 Å². The van der Waals surface area contributed by atoms with Gasteiger partial charge in [-0.3, -0.25) is 9.59 Å². The Labute approximate surface area is 123 Å². The average Bonchev–Trinajstić information content (AvgIpc) is 2.49. The largest absolute Gasteiger partial charge is 0.385 e. The lowest BCUT2D eigenvalue weighted by Crippen LogP contribution is -2.48. The molecule has 1 heterocycles. The van der Waals surface area contributed by atoms with E-state index >= 15 is 0 Å². The Morgan fingerprint density at radius 2 is 1.85 bits per heavy atom. The monoisotopic (exact) mass is 295 g/mol. The number of hydrogen-bond acceptors (Lipinski definition) is 3. The van der Waals surface area contributed by atoms with Crippen LogP contribution in [0.2, 0.25) is 5.02 Å². The van der Waals surface area contributed by atoms with Gasteiger partial charge in [0.2, 0.25) is 12.3 Å². The summed E-state index contributed by atoms with van der Waals surface area (Å²) in [4.78, 5) is 26.1. The highest BCUT2D eigenvalue weighted by atomic mass is 35.5. The molecule has 1 aliphatic heterocycles. The molecule has 1 N–H and O–H groups in total. The van der Waals surface area contributed by atoms with E-state index in [1.807, 2.05) is 29.2 Å². The molecule has 5 nitrogen and oxygen atoms in total. The lowest BCUT2D eigenvalue weighted by Gasteiger charge is -2.32. The lowest BCUT2D eigenvalue weighted by molar-refractivity contribution is -0.134. The van der Waals surface area contributed by atoms with Crippen LogP contribution in [0.4, 0.5) is 5.69 Å². The number of benzene rings is 1. The summed E-state index contributed by atoms with van der Waals surface area (Å²) in [5, 5.41) is 3.88. The molecule has 0 unspecified atom stereocenters. The van der Waals surface area contributed by atoms with E-state index in [9.17, 15) is 9.59 Å². The van der Waals surface area contributed by atoms with Gasteiger partial charge in [0, 0.05) is 49.9 Å². The summed E-state index contributed by atoms with van der Waals surface area (Å²) in [6.07, 6.45) is 1.29. The smallest absolute Gasteiger partial charge is 0.224 e. The first-order chi connectivity index (χ1) is 9.69. The number of halogens is 1. The molecule has 1 fully saturated rings. The molecule has 108 valence electrons. The Kier molecular flexibility index (Phi) is 5.24. The average molecular weight is 296 g/mol. The number of piperazine rings is 1. The van der Waals surface area contributed by atoms with E-state index in [0.29, 0.717) is 44.2 Å². The number of rotatable bonds is 5. The maximum atomic E-state index is 12.0. The Morgan fingerprint density at radius 3 is 2.45 bits per heavy atom. The van der Waals surface area contributed by atoms with E-state index in [4.69, 9.17) is 11.6 Å². The quantitative estimate of drug-likeness (QED) is 0.837. The maximum absolute atomic E-state index is 12.0. The third kappa shape index (κ3) is 4.13. The molecule has 1 aromatic carbocycles. The minimum atomic E-state index is 0.122. The van der Waals surface area contributed by atoms with Crippen molar-refractivity contribution in [3.05, 3.63) is 29.3 Å². The van der Waals surface area contributed by atoms with Crippen molar-refractivity contribution in [2.45, 2.75) is 6.42 Å². The minimum Gasteiger partial charge on any atom is -0.385 e. The van der Waals surface area contributed by atoms with E-state index in [1.165, 1.54) is 0 Å². The van der Waals surface area contributed by atoms with Gasteiger partial charge in [0.05, 0.1) is 0 Å². The highest BCUT2D eigenvalue weighted by molar-refractivity contribution is 6.30. The number of carbonyl (C=O) groups is 2. The van der Waals surface area contributed by atoms with E-state index in [0.717, 1.165) is 12.1 Å². The van der Waals surface area contributed by atoms with Crippen LogP contribution in [0.3, 0.4) is 0 Å². The Hall–Kier alpha value is -1.75. The first kappa shape index (κ1) is 14.7. The number of carbonyl (C=O) groups excluding carboxylic acids is 2. The fourth-order valence-electron chi connectivity index (χ4n) is 2.12. The fourth-order valence-corrected chi connectivity index (χ4v) is 2.24. The molecule has 2 amide bonds. The minimum absolute atomic E-state index is 0.122. The normalized spacial score (nSPS) is 15.1. The first-order valence-electron chi connectivity index (χ1n) is 6.65. The van der Waals surface area contributed by atoms with Crippen LogP contribution < -0.4 is 5.32 Å². The summed E-state index contributed by atoms with van der Waals surface area (Å²) in [6.45, 7) is 3.09. The molecule has 6 heteroatoms. The zero-order valence-electron chi connectivity index (χ0n) is 11.2. The Morgan fingerprint density at radius 1 is 1.20 bits per heavy atom. The van der Waals surface area contributed by atoms with Crippen LogP contribution in [0.5, 0.6) is 0 Å². The molecular formula is C14H18ClN3O2. The van der Waals surface area contributed by atoms with Crippen molar-refractivity contribution in [3.8, 4) is 0 Å². The summed E-state index contributed by atoms with van der Waals surface area (Å²) >= 11 is 5.80. The number of nitrogens with one attached hydrogen (secondary N) is 1. The second-order valence-corrected chi connectivity index (χ2v) is 5.14. The number of hydrogen-bond donors (Lipinski definition) is 1. The summed E-state index contributed by atoms with van der Waals surface area (Å²) in [6, 6.07) is 7.39. The standard InChI is InChI=1S/C14H18ClN3O2/c15-12-1-3-13(4-2-12)16-6-5-14(20)18-9-7-17(11-19)8-10-18/h1-4,11,16H,5-10H2. The van der Waals surface area contributed by atoms with Crippen LogP contribution in [0.25, 0.3) is 0 Å².